The lowest BCUT2D eigenvalue weighted by Crippen LogP contribution is -2.35. The van der Waals surface area contributed by atoms with Gasteiger partial charge in [0.2, 0.25) is 5.91 Å². The summed E-state index contributed by atoms with van der Waals surface area (Å²) in [5.74, 6) is 1.96. The van der Waals surface area contributed by atoms with Crippen molar-refractivity contribution < 1.29 is 18.5 Å². The molecule has 148 valence electrons. The monoisotopic (exact) mass is 404 g/mol. The fraction of sp³-hybridized carbons (Fsp3) is 0.611. The van der Waals surface area contributed by atoms with Gasteiger partial charge >= 0.3 is 0 Å². The smallest absolute Gasteiger partial charge is 0.223 e. The summed E-state index contributed by atoms with van der Waals surface area (Å²) in [5, 5.41) is 0. The Bertz CT molecular complexity index is 627. The van der Waals surface area contributed by atoms with E-state index in [1.807, 2.05) is 0 Å². The second kappa shape index (κ2) is 10.7. The molecule has 6 nitrogen and oxygen atoms in total. The largest absolute Gasteiger partial charge is 0.486 e. The topological polar surface area (TPSA) is 81.9 Å². The molecule has 0 spiro atoms. The number of halogens is 1. The van der Waals surface area contributed by atoms with Gasteiger partial charge in [-0.2, -0.15) is 0 Å². The van der Waals surface area contributed by atoms with E-state index < -0.39 is 10.8 Å². The molecular weight excluding hydrogens is 376 g/mol. The normalized spacial score (nSPS) is 15.1. The van der Waals surface area contributed by atoms with Crippen LogP contribution in [0.4, 0.5) is 0 Å². The molecule has 0 saturated heterocycles. The molecule has 2 atom stereocenters. The van der Waals surface area contributed by atoms with Crippen LogP contribution in [0.25, 0.3) is 0 Å². The Morgan fingerprint density at radius 1 is 1.27 bits per heavy atom. The Labute approximate surface area is 164 Å². The molecule has 2 unspecified atom stereocenters. The van der Waals surface area contributed by atoms with E-state index in [1.54, 1.807) is 30.1 Å². The molecular formula is C18H29ClN2O4S. The number of benzene rings is 1. The Kier molecular flexibility index (Phi) is 9.39. The predicted octanol–water partition coefficient (Wildman–Crippen LogP) is 2.21. The minimum atomic E-state index is -1.25. The van der Waals surface area contributed by atoms with E-state index in [9.17, 15) is 9.00 Å². The standard InChI is InChI=1S/C18H28N2O4S.ClH/c1-13(2)15(19)6-8-20(3)18(21)7-11-25(22)14-4-5-16-17(12-14)24-10-9-23-16;/h4-5,12-13,15H,6-11,19H2,1-3H3;1H. The van der Waals surface area contributed by atoms with Crippen LogP contribution in [0.1, 0.15) is 26.7 Å². The fourth-order valence-electron chi connectivity index (χ4n) is 2.45. The summed E-state index contributed by atoms with van der Waals surface area (Å²) in [4.78, 5) is 14.5. The van der Waals surface area contributed by atoms with Crippen molar-refractivity contribution in [3.05, 3.63) is 18.2 Å². The minimum absolute atomic E-state index is 0. The summed E-state index contributed by atoms with van der Waals surface area (Å²) < 4.78 is 23.4. The molecule has 8 heteroatoms. The fourth-order valence-corrected chi connectivity index (χ4v) is 3.51. The molecule has 0 saturated carbocycles. The minimum Gasteiger partial charge on any atom is -0.486 e. The molecule has 0 aromatic heterocycles. The zero-order valence-electron chi connectivity index (χ0n) is 15.6. The van der Waals surface area contributed by atoms with Gasteiger partial charge in [0.1, 0.15) is 13.2 Å². The average molecular weight is 405 g/mol. The summed E-state index contributed by atoms with van der Waals surface area (Å²) in [6, 6.07) is 5.35. The number of hydrogen-bond donors (Lipinski definition) is 1. The molecule has 1 aromatic carbocycles. The lowest BCUT2D eigenvalue weighted by Gasteiger charge is -2.21. The number of hydrogen-bond acceptors (Lipinski definition) is 5. The van der Waals surface area contributed by atoms with Gasteiger partial charge in [0, 0.05) is 42.8 Å². The maximum atomic E-state index is 12.4. The molecule has 1 heterocycles. The molecule has 0 radical (unpaired) electrons. The van der Waals surface area contributed by atoms with Crippen molar-refractivity contribution in [2.75, 3.05) is 32.6 Å². The molecule has 1 aliphatic rings. The molecule has 2 N–H and O–H groups in total. The van der Waals surface area contributed by atoms with Crippen LogP contribution in [0.3, 0.4) is 0 Å². The Morgan fingerprint density at radius 2 is 1.92 bits per heavy atom. The van der Waals surface area contributed by atoms with Crippen molar-refractivity contribution in [3.8, 4) is 11.5 Å². The first-order valence-corrected chi connectivity index (χ1v) is 9.98. The lowest BCUT2D eigenvalue weighted by molar-refractivity contribution is -0.129. The number of nitrogens with two attached hydrogens (primary N) is 1. The van der Waals surface area contributed by atoms with Crippen LogP contribution in [0.15, 0.2) is 23.1 Å². The number of rotatable bonds is 8. The second-order valence-electron chi connectivity index (χ2n) is 6.62. The highest BCUT2D eigenvalue weighted by Crippen LogP contribution is 2.31. The summed E-state index contributed by atoms with van der Waals surface area (Å²) in [5.41, 5.74) is 6.01. The van der Waals surface area contributed by atoms with Crippen LogP contribution in [-0.2, 0) is 15.6 Å². The van der Waals surface area contributed by atoms with Crippen LogP contribution in [0, 0.1) is 5.92 Å². The number of carbonyl (C=O) groups excluding carboxylic acids is 1. The molecule has 0 aliphatic carbocycles. The van der Waals surface area contributed by atoms with E-state index >= 15 is 0 Å². The summed E-state index contributed by atoms with van der Waals surface area (Å²) in [6.45, 7) is 5.78. The zero-order valence-corrected chi connectivity index (χ0v) is 17.2. The Hall–Kier alpha value is -1.31. The predicted molar refractivity (Wildman–Crippen MR) is 106 cm³/mol. The molecule has 2 rings (SSSR count). The molecule has 1 aromatic rings. The van der Waals surface area contributed by atoms with Gasteiger partial charge in [0.15, 0.2) is 11.5 Å². The van der Waals surface area contributed by atoms with E-state index in [1.165, 1.54) is 0 Å². The third-order valence-corrected chi connectivity index (χ3v) is 5.71. The van der Waals surface area contributed by atoms with Gasteiger partial charge in [-0.25, -0.2) is 0 Å². The number of ether oxygens (including phenoxy) is 2. The van der Waals surface area contributed by atoms with Gasteiger partial charge in [-0.15, -0.1) is 12.4 Å². The van der Waals surface area contributed by atoms with Crippen LogP contribution >= 0.6 is 12.4 Å². The van der Waals surface area contributed by atoms with E-state index in [4.69, 9.17) is 15.2 Å². The van der Waals surface area contributed by atoms with E-state index in [0.717, 1.165) is 6.42 Å². The van der Waals surface area contributed by atoms with Gasteiger partial charge < -0.3 is 20.1 Å². The molecule has 1 aliphatic heterocycles. The van der Waals surface area contributed by atoms with Gasteiger partial charge in [-0.3, -0.25) is 9.00 Å². The van der Waals surface area contributed by atoms with Crippen LogP contribution in [0.5, 0.6) is 11.5 Å². The Morgan fingerprint density at radius 3 is 2.58 bits per heavy atom. The number of amides is 1. The van der Waals surface area contributed by atoms with Gasteiger partial charge in [0.05, 0.1) is 10.8 Å². The zero-order chi connectivity index (χ0) is 18.4. The average Bonchev–Trinajstić information content (AvgIpc) is 2.62. The summed E-state index contributed by atoms with van der Waals surface area (Å²) in [6.07, 6.45) is 1.01. The van der Waals surface area contributed by atoms with E-state index in [0.29, 0.717) is 47.8 Å². The van der Waals surface area contributed by atoms with Crippen LogP contribution in [0.2, 0.25) is 0 Å². The van der Waals surface area contributed by atoms with E-state index in [-0.39, 0.29) is 30.8 Å². The van der Waals surface area contributed by atoms with Crippen molar-refractivity contribution in [3.63, 3.8) is 0 Å². The van der Waals surface area contributed by atoms with Crippen molar-refractivity contribution in [2.24, 2.45) is 11.7 Å². The maximum Gasteiger partial charge on any atom is 0.223 e. The highest BCUT2D eigenvalue weighted by molar-refractivity contribution is 7.85. The van der Waals surface area contributed by atoms with Crippen molar-refractivity contribution >= 4 is 29.1 Å². The van der Waals surface area contributed by atoms with Gasteiger partial charge in [-0.05, 0) is 24.5 Å². The first kappa shape index (κ1) is 22.7. The molecule has 1 amide bonds. The van der Waals surface area contributed by atoms with Crippen LogP contribution in [-0.4, -0.2) is 53.6 Å². The second-order valence-corrected chi connectivity index (χ2v) is 8.19. The van der Waals surface area contributed by atoms with Crippen LogP contribution < -0.4 is 15.2 Å². The van der Waals surface area contributed by atoms with Gasteiger partial charge in [0.25, 0.3) is 0 Å². The highest BCUT2D eigenvalue weighted by Gasteiger charge is 2.17. The third-order valence-electron chi connectivity index (χ3n) is 4.36. The number of nitrogens with zero attached hydrogens (tertiary/aromatic N) is 1. The van der Waals surface area contributed by atoms with E-state index in [2.05, 4.69) is 13.8 Å². The Balaban J connectivity index is 0.00000338. The summed E-state index contributed by atoms with van der Waals surface area (Å²) >= 11 is 0. The molecule has 26 heavy (non-hydrogen) atoms. The number of carbonyl (C=O) groups is 1. The van der Waals surface area contributed by atoms with Gasteiger partial charge in [-0.1, -0.05) is 13.8 Å². The van der Waals surface area contributed by atoms with Crippen molar-refractivity contribution in [1.82, 2.24) is 4.90 Å². The SMILES string of the molecule is CC(C)C(N)CCN(C)C(=O)CCS(=O)c1ccc2c(c1)OCCO2.Cl. The third kappa shape index (κ3) is 6.45. The van der Waals surface area contributed by atoms with Crippen molar-refractivity contribution in [1.29, 1.82) is 0 Å². The molecule has 0 fully saturated rings. The first-order valence-electron chi connectivity index (χ1n) is 8.66. The molecule has 0 bridgehead atoms. The van der Waals surface area contributed by atoms with Crippen molar-refractivity contribution in [2.45, 2.75) is 37.6 Å². The number of fused-ring (bicyclic) bond motifs is 1. The quantitative estimate of drug-likeness (QED) is 0.718. The first-order chi connectivity index (χ1) is 11.9. The highest BCUT2D eigenvalue weighted by atomic mass is 35.5. The lowest BCUT2D eigenvalue weighted by atomic mass is 10.0. The summed E-state index contributed by atoms with van der Waals surface area (Å²) in [7, 11) is 0.520. The maximum absolute atomic E-state index is 12.4.